The van der Waals surface area contributed by atoms with Crippen molar-refractivity contribution in [1.82, 2.24) is 4.98 Å². The molecule has 4 heteroatoms. The Morgan fingerprint density at radius 1 is 1.47 bits per heavy atom. The molecule has 1 atom stereocenters. The summed E-state index contributed by atoms with van der Waals surface area (Å²) in [6.45, 7) is 4.21. The van der Waals surface area contributed by atoms with Crippen LogP contribution in [-0.2, 0) is 9.53 Å². The maximum absolute atomic E-state index is 11.9. The first-order valence-electron chi connectivity index (χ1n) is 5.90. The van der Waals surface area contributed by atoms with E-state index in [0.29, 0.717) is 24.5 Å². The van der Waals surface area contributed by atoms with Crippen molar-refractivity contribution in [3.63, 3.8) is 0 Å². The van der Waals surface area contributed by atoms with Gasteiger partial charge in [-0.1, -0.05) is 13.3 Å². The number of methoxy groups -OCH3 is 1. The van der Waals surface area contributed by atoms with Crippen LogP contribution in [0.1, 0.15) is 38.3 Å². The molecule has 94 valence electrons. The molecular weight excluding hydrogens is 218 g/mol. The summed E-state index contributed by atoms with van der Waals surface area (Å²) < 4.78 is 10.3. The van der Waals surface area contributed by atoms with Gasteiger partial charge < -0.3 is 9.47 Å². The van der Waals surface area contributed by atoms with Gasteiger partial charge in [-0.2, -0.15) is 0 Å². The Morgan fingerprint density at radius 3 is 2.82 bits per heavy atom. The van der Waals surface area contributed by atoms with E-state index in [-0.39, 0.29) is 11.9 Å². The highest BCUT2D eigenvalue weighted by Gasteiger charge is 2.25. The van der Waals surface area contributed by atoms with E-state index in [1.54, 1.807) is 26.3 Å². The fourth-order valence-corrected chi connectivity index (χ4v) is 1.73. The second kappa shape index (κ2) is 6.89. The fraction of sp³-hybridized carbons (Fsp3) is 0.538. The zero-order chi connectivity index (χ0) is 12.7. The van der Waals surface area contributed by atoms with Crippen LogP contribution in [0.4, 0.5) is 0 Å². The number of rotatable bonds is 6. The van der Waals surface area contributed by atoms with Gasteiger partial charge in [0.1, 0.15) is 11.7 Å². The summed E-state index contributed by atoms with van der Waals surface area (Å²) in [4.78, 5) is 16.1. The zero-order valence-corrected chi connectivity index (χ0v) is 10.6. The monoisotopic (exact) mass is 237 g/mol. The van der Waals surface area contributed by atoms with E-state index >= 15 is 0 Å². The molecule has 0 N–H and O–H groups in total. The number of hydrogen-bond donors (Lipinski definition) is 0. The number of pyridine rings is 1. The predicted octanol–water partition coefficient (Wildman–Crippen LogP) is 2.54. The molecule has 1 unspecified atom stereocenters. The minimum absolute atomic E-state index is 0.230. The molecule has 0 fully saturated rings. The highest BCUT2D eigenvalue weighted by atomic mass is 16.5. The smallest absolute Gasteiger partial charge is 0.315 e. The molecule has 1 aromatic heterocycles. The highest BCUT2D eigenvalue weighted by Crippen LogP contribution is 2.28. The lowest BCUT2D eigenvalue weighted by atomic mass is 9.98. The van der Waals surface area contributed by atoms with E-state index in [1.165, 1.54) is 0 Å². The van der Waals surface area contributed by atoms with Gasteiger partial charge in [0, 0.05) is 6.20 Å². The van der Waals surface area contributed by atoms with Crippen molar-refractivity contribution >= 4 is 5.97 Å². The average Bonchev–Trinajstić information content (AvgIpc) is 2.36. The van der Waals surface area contributed by atoms with Crippen LogP contribution in [0.25, 0.3) is 0 Å². The van der Waals surface area contributed by atoms with Gasteiger partial charge in [-0.15, -0.1) is 0 Å². The summed E-state index contributed by atoms with van der Waals surface area (Å²) in [7, 11) is 1.58. The van der Waals surface area contributed by atoms with Gasteiger partial charge in [-0.25, -0.2) is 0 Å². The van der Waals surface area contributed by atoms with Crippen LogP contribution in [0, 0.1) is 0 Å². The first kappa shape index (κ1) is 13.5. The van der Waals surface area contributed by atoms with Gasteiger partial charge in [0.25, 0.3) is 0 Å². The van der Waals surface area contributed by atoms with E-state index in [1.807, 2.05) is 13.0 Å². The van der Waals surface area contributed by atoms with Gasteiger partial charge in [-0.3, -0.25) is 9.78 Å². The van der Waals surface area contributed by atoms with E-state index < -0.39 is 0 Å². The number of hydrogen-bond acceptors (Lipinski definition) is 4. The number of ether oxygens (including phenoxy) is 2. The second-order valence-electron chi connectivity index (χ2n) is 3.68. The van der Waals surface area contributed by atoms with E-state index in [0.717, 1.165) is 6.42 Å². The molecule has 0 aliphatic carbocycles. The van der Waals surface area contributed by atoms with Crippen molar-refractivity contribution in [3.05, 3.63) is 24.0 Å². The SMILES string of the molecule is CCCC(C(=O)OCC)c1ncccc1OC. The Labute approximate surface area is 102 Å². The van der Waals surface area contributed by atoms with Gasteiger partial charge in [-0.05, 0) is 25.5 Å². The van der Waals surface area contributed by atoms with Gasteiger partial charge >= 0.3 is 5.97 Å². The topological polar surface area (TPSA) is 48.4 Å². The molecule has 1 heterocycles. The fourth-order valence-electron chi connectivity index (χ4n) is 1.73. The Bertz CT molecular complexity index is 365. The number of nitrogens with zero attached hydrogens (tertiary/aromatic N) is 1. The zero-order valence-electron chi connectivity index (χ0n) is 10.6. The Morgan fingerprint density at radius 2 is 2.24 bits per heavy atom. The Balaban J connectivity index is 3.00. The number of aromatic nitrogens is 1. The molecular formula is C13H19NO3. The molecule has 0 spiro atoms. The van der Waals surface area contributed by atoms with E-state index in [4.69, 9.17) is 9.47 Å². The third-order valence-electron chi connectivity index (χ3n) is 2.50. The largest absolute Gasteiger partial charge is 0.495 e. The highest BCUT2D eigenvalue weighted by molar-refractivity contribution is 5.78. The third-order valence-corrected chi connectivity index (χ3v) is 2.50. The Hall–Kier alpha value is -1.58. The Kier molecular flexibility index (Phi) is 5.46. The minimum atomic E-state index is -0.337. The average molecular weight is 237 g/mol. The number of esters is 1. The van der Waals surface area contributed by atoms with Gasteiger partial charge in [0.2, 0.25) is 0 Å². The summed E-state index contributed by atoms with van der Waals surface area (Å²) >= 11 is 0. The van der Waals surface area contributed by atoms with Crippen molar-refractivity contribution in [2.45, 2.75) is 32.6 Å². The van der Waals surface area contributed by atoms with Crippen LogP contribution in [0.2, 0.25) is 0 Å². The quantitative estimate of drug-likeness (QED) is 0.713. The van der Waals surface area contributed by atoms with Crippen LogP contribution in [0.3, 0.4) is 0 Å². The van der Waals surface area contributed by atoms with E-state index in [2.05, 4.69) is 4.98 Å². The van der Waals surface area contributed by atoms with Crippen LogP contribution in [0.15, 0.2) is 18.3 Å². The first-order chi connectivity index (χ1) is 8.24. The van der Waals surface area contributed by atoms with Crippen LogP contribution < -0.4 is 4.74 Å². The summed E-state index contributed by atoms with van der Waals surface area (Å²) in [5.41, 5.74) is 0.662. The standard InChI is InChI=1S/C13H19NO3/c1-4-7-10(13(15)17-5-2)12-11(16-3)8-6-9-14-12/h6,8-10H,4-5,7H2,1-3H3. The molecule has 0 aliphatic rings. The van der Waals surface area contributed by atoms with Crippen molar-refractivity contribution in [3.8, 4) is 5.75 Å². The molecule has 0 radical (unpaired) electrons. The summed E-state index contributed by atoms with van der Waals surface area (Å²) in [5.74, 6) is 0.0708. The summed E-state index contributed by atoms with van der Waals surface area (Å²) in [5, 5.41) is 0. The molecule has 0 aromatic carbocycles. The molecule has 17 heavy (non-hydrogen) atoms. The predicted molar refractivity (Wildman–Crippen MR) is 65.1 cm³/mol. The van der Waals surface area contributed by atoms with Crippen LogP contribution in [-0.4, -0.2) is 24.7 Å². The lowest BCUT2D eigenvalue weighted by Crippen LogP contribution is -2.17. The van der Waals surface area contributed by atoms with Crippen LogP contribution >= 0.6 is 0 Å². The molecule has 0 aliphatic heterocycles. The molecule has 0 bridgehead atoms. The van der Waals surface area contributed by atoms with Crippen LogP contribution in [0.5, 0.6) is 5.75 Å². The summed E-state index contributed by atoms with van der Waals surface area (Å²) in [6, 6.07) is 3.60. The lowest BCUT2D eigenvalue weighted by molar-refractivity contribution is -0.145. The number of carbonyl (C=O) groups excluding carboxylic acids is 1. The van der Waals surface area contributed by atoms with Crippen molar-refractivity contribution < 1.29 is 14.3 Å². The molecule has 0 saturated heterocycles. The molecule has 0 saturated carbocycles. The molecule has 4 nitrogen and oxygen atoms in total. The second-order valence-corrected chi connectivity index (χ2v) is 3.68. The maximum Gasteiger partial charge on any atom is 0.315 e. The molecule has 1 aromatic rings. The molecule has 1 rings (SSSR count). The first-order valence-corrected chi connectivity index (χ1v) is 5.90. The van der Waals surface area contributed by atoms with Gasteiger partial charge in [0.15, 0.2) is 0 Å². The third kappa shape index (κ3) is 3.44. The van der Waals surface area contributed by atoms with Crippen molar-refractivity contribution in [2.24, 2.45) is 0 Å². The van der Waals surface area contributed by atoms with E-state index in [9.17, 15) is 4.79 Å². The van der Waals surface area contributed by atoms with Crippen molar-refractivity contribution in [2.75, 3.05) is 13.7 Å². The molecule has 0 amide bonds. The number of carbonyl (C=O) groups is 1. The lowest BCUT2D eigenvalue weighted by Gasteiger charge is -2.16. The maximum atomic E-state index is 11.9. The van der Waals surface area contributed by atoms with Crippen molar-refractivity contribution in [1.29, 1.82) is 0 Å². The normalized spacial score (nSPS) is 11.9. The summed E-state index contributed by atoms with van der Waals surface area (Å²) in [6.07, 6.45) is 3.27. The van der Waals surface area contributed by atoms with Gasteiger partial charge in [0.05, 0.1) is 19.4 Å². The minimum Gasteiger partial charge on any atom is -0.495 e.